The summed E-state index contributed by atoms with van der Waals surface area (Å²) >= 11 is 6.10. The number of halogens is 1. The van der Waals surface area contributed by atoms with Crippen LogP contribution in [0.4, 0.5) is 0 Å². The molecule has 5 aliphatic rings. The Balaban J connectivity index is 1.26. The molecule has 0 spiro atoms. The van der Waals surface area contributed by atoms with E-state index in [9.17, 15) is 9.59 Å². The van der Waals surface area contributed by atoms with E-state index in [1.807, 2.05) is 31.2 Å². The van der Waals surface area contributed by atoms with E-state index in [1.54, 1.807) is 6.07 Å². The van der Waals surface area contributed by atoms with Gasteiger partial charge in [0.05, 0.1) is 18.1 Å². The molecule has 4 aliphatic carbocycles. The molecule has 1 aromatic heterocycles. The van der Waals surface area contributed by atoms with Gasteiger partial charge in [0.2, 0.25) is 0 Å². The molecule has 1 aliphatic heterocycles. The Kier molecular flexibility index (Phi) is 3.52. The Morgan fingerprint density at radius 3 is 2.45 bits per heavy atom. The highest BCUT2D eigenvalue weighted by atomic mass is 35.5. The third-order valence-corrected chi connectivity index (χ3v) is 7.27. The van der Waals surface area contributed by atoms with E-state index in [0.717, 1.165) is 22.6 Å². The van der Waals surface area contributed by atoms with E-state index in [0.29, 0.717) is 28.4 Å². The van der Waals surface area contributed by atoms with Gasteiger partial charge in [-0.3, -0.25) is 9.59 Å². The number of hydrogen-bond acceptors (Lipinski definition) is 4. The molecule has 0 N–H and O–H groups in total. The minimum Gasteiger partial charge on any atom is -0.455 e. The number of rotatable bonds is 3. The van der Waals surface area contributed by atoms with Crippen molar-refractivity contribution in [2.24, 2.45) is 40.6 Å². The van der Waals surface area contributed by atoms with Crippen LogP contribution in [0.2, 0.25) is 5.02 Å². The van der Waals surface area contributed by atoms with Crippen LogP contribution in [-0.2, 0) is 9.59 Å². The summed E-state index contributed by atoms with van der Waals surface area (Å²) in [5.41, 5.74) is 1.95. The van der Waals surface area contributed by atoms with E-state index >= 15 is 0 Å². The number of hydrogen-bond donors (Lipinski definition) is 0. The molecule has 1 aromatic carbocycles. The highest BCUT2D eigenvalue weighted by Gasteiger charge is 2.67. The average Bonchev–Trinajstić information content (AvgIpc) is 3.36. The lowest BCUT2D eigenvalue weighted by atomic mass is 9.63. The summed E-state index contributed by atoms with van der Waals surface area (Å²) < 4.78 is 5.86. The molecule has 6 heteroatoms. The topological polar surface area (TPSA) is 62.9 Å². The maximum Gasteiger partial charge on any atom is 0.254 e. The van der Waals surface area contributed by atoms with Crippen LogP contribution in [0.25, 0.3) is 11.3 Å². The SMILES string of the molecule is Cc1ccc(Cl)cc1-c1ccc(/C=N\N2C(=O)[C@H]3[C@@H]4C=C[C@H]([C@@H]5C[C@H]45)[C@@H]3C2=O)o1. The predicted octanol–water partition coefficient (Wildman–Crippen LogP) is 4.30. The third kappa shape index (κ3) is 2.43. The number of allylic oxidation sites excluding steroid dienone is 2. The number of furan rings is 1. The molecule has 6 atom stereocenters. The van der Waals surface area contributed by atoms with E-state index < -0.39 is 0 Å². The third-order valence-electron chi connectivity index (χ3n) is 7.03. The van der Waals surface area contributed by atoms with Gasteiger partial charge >= 0.3 is 0 Å². The van der Waals surface area contributed by atoms with Crippen LogP contribution in [0, 0.1) is 42.4 Å². The maximum atomic E-state index is 12.9. The van der Waals surface area contributed by atoms with E-state index in [1.165, 1.54) is 6.21 Å². The van der Waals surface area contributed by atoms with Gasteiger partial charge in [0.1, 0.15) is 11.5 Å². The molecule has 3 fully saturated rings. The molecule has 1 saturated heterocycles. The number of benzene rings is 1. The monoisotopic (exact) mass is 406 g/mol. The highest BCUT2D eigenvalue weighted by Crippen LogP contribution is 2.65. The fraction of sp³-hybridized carbons (Fsp3) is 0.348. The molecule has 2 saturated carbocycles. The van der Waals surface area contributed by atoms with Crippen LogP contribution in [-0.4, -0.2) is 23.0 Å². The summed E-state index contributed by atoms with van der Waals surface area (Å²) in [7, 11) is 0. The average molecular weight is 407 g/mol. The van der Waals surface area contributed by atoms with Crippen molar-refractivity contribution in [1.82, 2.24) is 5.01 Å². The van der Waals surface area contributed by atoms with Gasteiger partial charge in [-0.2, -0.15) is 10.1 Å². The van der Waals surface area contributed by atoms with Crippen molar-refractivity contribution in [3.8, 4) is 11.3 Å². The fourth-order valence-electron chi connectivity index (χ4n) is 5.60. The Labute approximate surface area is 173 Å². The Hall–Kier alpha value is -2.66. The second-order valence-corrected chi connectivity index (χ2v) is 8.99. The molecule has 7 rings (SSSR count). The van der Waals surface area contributed by atoms with Crippen molar-refractivity contribution in [2.45, 2.75) is 13.3 Å². The summed E-state index contributed by atoms with van der Waals surface area (Å²) in [6, 6.07) is 9.23. The number of carbonyl (C=O) groups excluding carboxylic acids is 2. The van der Waals surface area contributed by atoms with Crippen molar-refractivity contribution < 1.29 is 14.0 Å². The first-order valence-corrected chi connectivity index (χ1v) is 10.4. The summed E-state index contributed by atoms with van der Waals surface area (Å²) in [5, 5.41) is 5.93. The first kappa shape index (κ1) is 17.2. The largest absolute Gasteiger partial charge is 0.455 e. The minimum absolute atomic E-state index is 0.168. The van der Waals surface area contributed by atoms with Crippen LogP contribution >= 0.6 is 11.6 Å². The molecule has 2 heterocycles. The number of nitrogens with zero attached hydrogens (tertiary/aromatic N) is 2. The zero-order valence-electron chi connectivity index (χ0n) is 15.8. The second-order valence-electron chi connectivity index (χ2n) is 8.55. The standard InChI is InChI=1S/C23H19ClN2O3/c1-11-2-3-12(24)8-16(11)19-7-4-13(29-19)10-25-26-22(27)20-14-5-6-15(18-9-17(14)18)21(20)23(26)28/h2-8,10,14-15,17-18,20-21H,9H2,1H3/b25-10-/t14-,15-,17-,18+,20+,21+/m1/s1. The molecular weight excluding hydrogens is 388 g/mol. The smallest absolute Gasteiger partial charge is 0.254 e. The van der Waals surface area contributed by atoms with Gasteiger partial charge in [0.15, 0.2) is 0 Å². The lowest BCUT2D eigenvalue weighted by Gasteiger charge is -2.37. The molecular formula is C23H19ClN2O3. The van der Waals surface area contributed by atoms with Crippen molar-refractivity contribution >= 4 is 29.6 Å². The number of hydrazone groups is 1. The molecule has 2 aromatic rings. The predicted molar refractivity (Wildman–Crippen MR) is 108 cm³/mol. The van der Waals surface area contributed by atoms with E-state index in [4.69, 9.17) is 16.0 Å². The molecule has 2 amide bonds. The molecule has 0 unspecified atom stereocenters. The number of carbonyl (C=O) groups is 2. The van der Waals surface area contributed by atoms with Crippen molar-refractivity contribution in [3.05, 3.63) is 58.8 Å². The van der Waals surface area contributed by atoms with Gasteiger partial charge in [-0.25, -0.2) is 0 Å². The molecule has 0 radical (unpaired) electrons. The normalized spacial score (nSPS) is 34.2. The van der Waals surface area contributed by atoms with Crippen LogP contribution < -0.4 is 0 Å². The lowest BCUT2D eigenvalue weighted by Crippen LogP contribution is -2.40. The first-order valence-electron chi connectivity index (χ1n) is 9.99. The van der Waals surface area contributed by atoms with Crippen LogP contribution in [0.1, 0.15) is 17.7 Å². The zero-order chi connectivity index (χ0) is 19.9. The van der Waals surface area contributed by atoms with Crippen LogP contribution in [0.3, 0.4) is 0 Å². The number of amides is 2. The van der Waals surface area contributed by atoms with Gasteiger partial charge in [0, 0.05) is 10.6 Å². The van der Waals surface area contributed by atoms with E-state index in [2.05, 4.69) is 17.3 Å². The molecule has 29 heavy (non-hydrogen) atoms. The zero-order valence-corrected chi connectivity index (χ0v) is 16.5. The van der Waals surface area contributed by atoms with Gasteiger partial charge in [-0.05, 0) is 66.8 Å². The van der Waals surface area contributed by atoms with Crippen LogP contribution in [0.5, 0.6) is 0 Å². The molecule has 2 bridgehead atoms. The summed E-state index contributed by atoms with van der Waals surface area (Å²) in [5.74, 6) is 1.91. The quantitative estimate of drug-likeness (QED) is 0.434. The number of aryl methyl sites for hydroxylation is 1. The van der Waals surface area contributed by atoms with Crippen molar-refractivity contribution in [1.29, 1.82) is 0 Å². The van der Waals surface area contributed by atoms with E-state index in [-0.39, 0.29) is 35.5 Å². The van der Waals surface area contributed by atoms with Crippen molar-refractivity contribution in [2.75, 3.05) is 0 Å². The van der Waals surface area contributed by atoms with Crippen LogP contribution in [0.15, 0.2) is 52.0 Å². The first-order chi connectivity index (χ1) is 14.0. The van der Waals surface area contributed by atoms with Gasteiger partial charge in [-0.15, -0.1) is 0 Å². The van der Waals surface area contributed by atoms with Gasteiger partial charge < -0.3 is 4.42 Å². The minimum atomic E-state index is -0.236. The van der Waals surface area contributed by atoms with Gasteiger partial charge in [0.25, 0.3) is 11.8 Å². The summed E-state index contributed by atoms with van der Waals surface area (Å²) in [6.45, 7) is 1.98. The number of imide groups is 1. The maximum absolute atomic E-state index is 12.9. The lowest BCUT2D eigenvalue weighted by molar-refractivity contribution is -0.140. The Morgan fingerprint density at radius 2 is 1.76 bits per heavy atom. The van der Waals surface area contributed by atoms with Gasteiger partial charge in [-0.1, -0.05) is 29.8 Å². The fourth-order valence-corrected chi connectivity index (χ4v) is 5.77. The molecule has 146 valence electrons. The Morgan fingerprint density at radius 1 is 1.07 bits per heavy atom. The second kappa shape index (κ2) is 5.92. The Bertz CT molecular complexity index is 1080. The summed E-state index contributed by atoms with van der Waals surface area (Å²) in [6.07, 6.45) is 6.92. The summed E-state index contributed by atoms with van der Waals surface area (Å²) in [4.78, 5) is 25.9. The highest BCUT2D eigenvalue weighted by molar-refractivity contribution is 6.30. The molecule has 5 nitrogen and oxygen atoms in total. The van der Waals surface area contributed by atoms with Crippen molar-refractivity contribution in [3.63, 3.8) is 0 Å².